The molecular weight excluding hydrogens is 397 g/mol. The summed E-state index contributed by atoms with van der Waals surface area (Å²) in [6, 6.07) is 23.9. The van der Waals surface area contributed by atoms with Crippen molar-refractivity contribution in [2.24, 2.45) is 0 Å². The van der Waals surface area contributed by atoms with E-state index in [1.807, 2.05) is 54.6 Å². The molecule has 3 nitrogen and oxygen atoms in total. The van der Waals surface area contributed by atoms with E-state index in [2.05, 4.69) is 3.63 Å². The van der Waals surface area contributed by atoms with E-state index in [4.69, 9.17) is 0 Å². The Bertz CT molecular complexity index is 1020. The molecule has 0 aromatic heterocycles. The Hall–Kier alpha value is -2.29. The molecule has 3 aromatic carbocycles. The molecule has 0 N–H and O–H groups in total. The van der Waals surface area contributed by atoms with Crippen LogP contribution in [0.25, 0.3) is 22.3 Å². The summed E-state index contributed by atoms with van der Waals surface area (Å²) in [4.78, 5) is 0.240. The topological polar surface area (TPSA) is 43.4 Å². The summed E-state index contributed by atoms with van der Waals surface area (Å²) >= 11 is 0.151. The molecule has 0 fully saturated rings. The summed E-state index contributed by atoms with van der Waals surface area (Å²) in [6.07, 6.45) is 0. The molecule has 0 aliphatic heterocycles. The fourth-order valence-corrected chi connectivity index (χ4v) is 3.65. The summed E-state index contributed by atoms with van der Waals surface area (Å²) in [5.74, 6) is 0. The third-order valence-corrected chi connectivity index (χ3v) is 5.70. The van der Waals surface area contributed by atoms with Crippen molar-refractivity contribution in [1.82, 2.24) is 0 Å². The van der Waals surface area contributed by atoms with E-state index in [1.54, 1.807) is 12.1 Å². The van der Waals surface area contributed by atoms with Crippen molar-refractivity contribution in [3.05, 3.63) is 78.9 Å². The minimum absolute atomic E-state index is 0.151. The van der Waals surface area contributed by atoms with Crippen LogP contribution in [0, 0.1) is 0 Å². The average Bonchev–Trinajstić information content (AvgIpc) is 2.67. The molecule has 0 radical (unpaired) electrons. The smallest absolute Gasteiger partial charge is 0.189 e. The molecule has 0 aliphatic rings. The Morgan fingerprint density at radius 3 is 1.70 bits per heavy atom. The van der Waals surface area contributed by atoms with Gasteiger partial charge in [-0.25, -0.2) is 0 Å². The molecule has 0 aliphatic carbocycles. The van der Waals surface area contributed by atoms with Crippen molar-refractivity contribution >= 4 is 22.2 Å². The summed E-state index contributed by atoms with van der Waals surface area (Å²) < 4.78 is 62.8. The fourth-order valence-electron chi connectivity index (χ4n) is 2.42. The predicted octanol–water partition coefficient (Wildman–Crippen LogP) is 5.89. The number of hydrogen-bond acceptors (Lipinski definition) is 4. The van der Waals surface area contributed by atoms with Gasteiger partial charge in [0.25, 0.3) is 0 Å². The van der Waals surface area contributed by atoms with Crippen LogP contribution in [0.3, 0.4) is 0 Å². The zero-order valence-electron chi connectivity index (χ0n) is 13.7. The van der Waals surface area contributed by atoms with Gasteiger partial charge in [-0.1, -0.05) is 66.7 Å². The van der Waals surface area contributed by atoms with Crippen LogP contribution in [0.15, 0.2) is 83.8 Å². The molecule has 140 valence electrons. The molecule has 27 heavy (non-hydrogen) atoms. The SMILES string of the molecule is O=S(=O)(OSc1ccc(-c2ccccc2-c2ccccc2)cc1)C(F)(F)F. The second-order valence-electron chi connectivity index (χ2n) is 5.49. The van der Waals surface area contributed by atoms with E-state index in [0.717, 1.165) is 22.3 Å². The van der Waals surface area contributed by atoms with Crippen LogP contribution >= 0.6 is 12.0 Å². The van der Waals surface area contributed by atoms with Gasteiger partial charge in [-0.3, -0.25) is 0 Å². The molecule has 0 bridgehead atoms. The van der Waals surface area contributed by atoms with E-state index >= 15 is 0 Å². The fraction of sp³-hybridized carbons (Fsp3) is 0.0526. The predicted molar refractivity (Wildman–Crippen MR) is 99.2 cm³/mol. The van der Waals surface area contributed by atoms with Crippen LogP contribution < -0.4 is 0 Å². The van der Waals surface area contributed by atoms with Crippen molar-refractivity contribution in [3.8, 4) is 22.3 Å². The number of alkyl halides is 3. The van der Waals surface area contributed by atoms with Crippen molar-refractivity contribution in [3.63, 3.8) is 0 Å². The minimum Gasteiger partial charge on any atom is -0.189 e. The molecule has 0 spiro atoms. The first-order valence-corrected chi connectivity index (χ1v) is 9.85. The highest BCUT2D eigenvalue weighted by Gasteiger charge is 2.47. The van der Waals surface area contributed by atoms with Crippen LogP contribution in [0.5, 0.6) is 0 Å². The van der Waals surface area contributed by atoms with Gasteiger partial charge in [-0.15, -0.1) is 0 Å². The highest BCUT2D eigenvalue weighted by molar-refractivity contribution is 8.04. The van der Waals surface area contributed by atoms with Crippen LogP contribution in [0.1, 0.15) is 0 Å². The van der Waals surface area contributed by atoms with Crippen molar-refractivity contribution in [2.45, 2.75) is 10.4 Å². The lowest BCUT2D eigenvalue weighted by atomic mass is 9.95. The number of halogens is 3. The molecule has 0 atom stereocenters. The van der Waals surface area contributed by atoms with Gasteiger partial charge in [0.05, 0.1) is 0 Å². The number of hydrogen-bond donors (Lipinski definition) is 0. The van der Waals surface area contributed by atoms with E-state index in [1.165, 1.54) is 12.1 Å². The lowest BCUT2D eigenvalue weighted by molar-refractivity contribution is -0.0494. The summed E-state index contributed by atoms with van der Waals surface area (Å²) in [6.45, 7) is 0. The first-order chi connectivity index (χ1) is 12.8. The van der Waals surface area contributed by atoms with Gasteiger partial charge in [0.1, 0.15) is 0 Å². The van der Waals surface area contributed by atoms with E-state index in [9.17, 15) is 21.6 Å². The molecule has 0 saturated heterocycles. The summed E-state index contributed by atoms with van der Waals surface area (Å²) in [7, 11) is -5.64. The van der Waals surface area contributed by atoms with Crippen LogP contribution in [0.2, 0.25) is 0 Å². The van der Waals surface area contributed by atoms with Gasteiger partial charge in [-0.05, 0) is 34.4 Å². The zero-order valence-corrected chi connectivity index (χ0v) is 15.3. The van der Waals surface area contributed by atoms with Gasteiger partial charge in [0, 0.05) is 16.9 Å². The van der Waals surface area contributed by atoms with Crippen LogP contribution in [0.4, 0.5) is 13.2 Å². The van der Waals surface area contributed by atoms with Crippen molar-refractivity contribution in [1.29, 1.82) is 0 Å². The zero-order chi connectivity index (χ0) is 19.5. The lowest BCUT2D eigenvalue weighted by Crippen LogP contribution is -2.23. The monoisotopic (exact) mass is 410 g/mol. The van der Waals surface area contributed by atoms with E-state index < -0.39 is 15.6 Å². The second kappa shape index (κ2) is 7.75. The Morgan fingerprint density at radius 2 is 1.19 bits per heavy atom. The Kier molecular flexibility index (Phi) is 5.59. The first kappa shape index (κ1) is 19.5. The number of rotatable bonds is 5. The second-order valence-corrected chi connectivity index (χ2v) is 8.04. The maximum atomic E-state index is 12.3. The molecule has 8 heteroatoms. The molecule has 3 aromatic rings. The van der Waals surface area contributed by atoms with Gasteiger partial charge >= 0.3 is 15.6 Å². The largest absolute Gasteiger partial charge is 0.524 e. The quantitative estimate of drug-likeness (QED) is 0.388. The molecule has 0 amide bonds. The van der Waals surface area contributed by atoms with Crippen molar-refractivity contribution < 1.29 is 25.2 Å². The maximum Gasteiger partial charge on any atom is 0.524 e. The molecule has 0 saturated carbocycles. The van der Waals surface area contributed by atoms with Gasteiger partial charge < -0.3 is 0 Å². The van der Waals surface area contributed by atoms with Gasteiger partial charge in [0.15, 0.2) is 0 Å². The summed E-state index contributed by atoms with van der Waals surface area (Å²) in [5, 5.41) is 0. The van der Waals surface area contributed by atoms with Gasteiger partial charge in [0.2, 0.25) is 0 Å². The van der Waals surface area contributed by atoms with Crippen LogP contribution in [-0.4, -0.2) is 13.9 Å². The Morgan fingerprint density at radius 1 is 0.704 bits per heavy atom. The third-order valence-electron chi connectivity index (χ3n) is 3.68. The average molecular weight is 410 g/mol. The Labute approximate surface area is 159 Å². The van der Waals surface area contributed by atoms with Crippen LogP contribution in [-0.2, 0) is 13.7 Å². The minimum atomic E-state index is -5.64. The van der Waals surface area contributed by atoms with Gasteiger partial charge in [-0.2, -0.15) is 25.2 Å². The molecular formula is C19H13F3O3S2. The standard InChI is InChI=1S/C19H13F3O3S2/c20-19(21,22)27(23,24)25-26-16-12-10-15(11-13-16)18-9-5-4-8-17(18)14-6-2-1-3-7-14/h1-13H. The Balaban J connectivity index is 1.83. The third kappa shape index (κ3) is 4.52. The molecule has 0 unspecified atom stereocenters. The van der Waals surface area contributed by atoms with E-state index in [0.29, 0.717) is 0 Å². The normalized spacial score (nSPS) is 12.1. The first-order valence-electron chi connectivity index (χ1n) is 7.70. The maximum absolute atomic E-state index is 12.3. The highest BCUT2D eigenvalue weighted by atomic mass is 32.3. The van der Waals surface area contributed by atoms with Crippen molar-refractivity contribution in [2.75, 3.05) is 0 Å². The molecule has 0 heterocycles. The van der Waals surface area contributed by atoms with E-state index in [-0.39, 0.29) is 16.9 Å². The summed E-state index contributed by atoms with van der Waals surface area (Å²) in [5.41, 5.74) is -1.61. The number of benzene rings is 3. The molecule has 3 rings (SSSR count). The highest BCUT2D eigenvalue weighted by Crippen LogP contribution is 2.34. The lowest BCUT2D eigenvalue weighted by Gasteiger charge is -2.11.